The fourth-order valence-corrected chi connectivity index (χ4v) is 7.46. The van der Waals surface area contributed by atoms with Gasteiger partial charge in [-0.15, -0.1) is 0 Å². The quantitative estimate of drug-likeness (QED) is 0.226. The lowest BCUT2D eigenvalue weighted by molar-refractivity contribution is 0.443. The lowest BCUT2D eigenvalue weighted by atomic mass is 9.75. The summed E-state index contributed by atoms with van der Waals surface area (Å²) in [6, 6.07) is 43.5. The molecule has 6 aromatic rings. The number of fused-ring (bicyclic) bond motifs is 6. The summed E-state index contributed by atoms with van der Waals surface area (Å²) in [5.41, 5.74) is 12.4. The first-order chi connectivity index (χ1) is 19.3. The first-order valence-electron chi connectivity index (χ1n) is 14.7. The summed E-state index contributed by atoms with van der Waals surface area (Å²) in [5, 5.41) is 2.69. The highest BCUT2D eigenvalue weighted by atomic mass is 15.0. The Hall–Kier alpha value is -4.10. The molecule has 1 atom stereocenters. The van der Waals surface area contributed by atoms with Crippen molar-refractivity contribution in [2.24, 2.45) is 0 Å². The molecular formula is C38H33N. The molecule has 1 saturated carbocycles. The Balaban J connectivity index is 1.39. The molecule has 1 unspecified atom stereocenters. The smallest absolute Gasteiger partial charge is 0.0547 e. The van der Waals surface area contributed by atoms with Gasteiger partial charge >= 0.3 is 0 Å². The predicted octanol–water partition coefficient (Wildman–Crippen LogP) is 10.2. The highest BCUT2D eigenvalue weighted by Crippen LogP contribution is 2.46. The Morgan fingerprint density at radius 3 is 2.21 bits per heavy atom. The molecule has 0 aliphatic heterocycles. The van der Waals surface area contributed by atoms with Gasteiger partial charge in [0.05, 0.1) is 11.0 Å². The Morgan fingerprint density at radius 2 is 1.31 bits per heavy atom. The fourth-order valence-electron chi connectivity index (χ4n) is 7.46. The van der Waals surface area contributed by atoms with Crippen LogP contribution in [0.1, 0.15) is 66.2 Å². The molecule has 2 aliphatic rings. The molecule has 1 aromatic heterocycles. The minimum Gasteiger partial charge on any atom is -0.309 e. The molecule has 0 spiro atoms. The van der Waals surface area contributed by atoms with E-state index in [1.807, 2.05) is 0 Å². The zero-order valence-corrected chi connectivity index (χ0v) is 22.3. The van der Waals surface area contributed by atoms with Crippen LogP contribution in [0.3, 0.4) is 0 Å². The zero-order chi connectivity index (χ0) is 25.8. The summed E-state index contributed by atoms with van der Waals surface area (Å²) >= 11 is 0. The van der Waals surface area contributed by atoms with Crippen molar-refractivity contribution in [3.05, 3.63) is 138 Å². The summed E-state index contributed by atoms with van der Waals surface area (Å²) in [6.07, 6.45) is 7.79. The van der Waals surface area contributed by atoms with Gasteiger partial charge in [0.2, 0.25) is 0 Å². The van der Waals surface area contributed by atoms with Crippen LogP contribution in [0, 0.1) is 0 Å². The second-order valence-electron chi connectivity index (χ2n) is 11.6. The third-order valence-corrected chi connectivity index (χ3v) is 9.36. The van der Waals surface area contributed by atoms with E-state index >= 15 is 0 Å². The number of rotatable bonds is 3. The van der Waals surface area contributed by atoms with Gasteiger partial charge in [-0.1, -0.05) is 104 Å². The standard InChI is InChI=1S/C38H33N/c1-3-12-26(13-4-1)28-17-11-18-30(22-28)39-37-21-10-9-20-32(37)36-24-34-33(27-14-5-2-6-15-27)23-29-16-7-8-19-31(29)35(34)25-38(36)39/h2,5-11,14-22,24-26,33H,1,3-4,12-13,23H2. The van der Waals surface area contributed by atoms with Gasteiger partial charge in [-0.25, -0.2) is 0 Å². The largest absolute Gasteiger partial charge is 0.309 e. The fraction of sp³-hybridized carbons (Fsp3) is 0.211. The van der Waals surface area contributed by atoms with Gasteiger partial charge in [-0.3, -0.25) is 0 Å². The van der Waals surface area contributed by atoms with Gasteiger partial charge in [0.25, 0.3) is 0 Å². The molecule has 1 heterocycles. The number of benzene rings is 5. The van der Waals surface area contributed by atoms with Crippen LogP contribution < -0.4 is 0 Å². The van der Waals surface area contributed by atoms with Crippen LogP contribution in [0.2, 0.25) is 0 Å². The van der Waals surface area contributed by atoms with E-state index in [1.165, 1.54) is 93.0 Å². The van der Waals surface area contributed by atoms with E-state index in [4.69, 9.17) is 0 Å². The van der Waals surface area contributed by atoms with Crippen LogP contribution in [0.4, 0.5) is 0 Å². The van der Waals surface area contributed by atoms with Gasteiger partial charge in [0.1, 0.15) is 0 Å². The molecular weight excluding hydrogens is 470 g/mol. The van der Waals surface area contributed by atoms with Crippen LogP contribution in [0.5, 0.6) is 0 Å². The van der Waals surface area contributed by atoms with E-state index in [1.54, 1.807) is 0 Å². The molecule has 0 bridgehead atoms. The average Bonchev–Trinajstić information content (AvgIpc) is 3.34. The number of hydrogen-bond donors (Lipinski definition) is 0. The SMILES string of the molecule is c1ccc(C2Cc3ccccc3-c3cc4c(cc32)c2ccccc2n4-c2cccc(C3CCCCC3)c2)cc1. The topological polar surface area (TPSA) is 4.93 Å². The molecule has 0 N–H and O–H groups in total. The van der Waals surface area contributed by atoms with Gasteiger partial charge in [0, 0.05) is 22.4 Å². The first kappa shape index (κ1) is 22.8. The van der Waals surface area contributed by atoms with Crippen LogP contribution in [0.25, 0.3) is 38.6 Å². The van der Waals surface area contributed by atoms with Crippen molar-refractivity contribution in [2.75, 3.05) is 0 Å². The monoisotopic (exact) mass is 503 g/mol. The zero-order valence-electron chi connectivity index (χ0n) is 22.3. The molecule has 0 amide bonds. The average molecular weight is 504 g/mol. The molecule has 1 nitrogen and oxygen atoms in total. The lowest BCUT2D eigenvalue weighted by Crippen LogP contribution is -2.12. The highest BCUT2D eigenvalue weighted by Gasteiger charge is 2.28. The van der Waals surface area contributed by atoms with E-state index in [0.29, 0.717) is 11.8 Å². The third kappa shape index (κ3) is 3.75. The van der Waals surface area contributed by atoms with E-state index in [2.05, 4.69) is 120 Å². The summed E-state index contributed by atoms with van der Waals surface area (Å²) < 4.78 is 2.52. The minimum atomic E-state index is 0.359. The van der Waals surface area contributed by atoms with Crippen molar-refractivity contribution in [3.63, 3.8) is 0 Å². The Labute approximate surface area is 230 Å². The maximum absolute atomic E-state index is 2.52. The van der Waals surface area contributed by atoms with Gasteiger partial charge in [-0.05, 0) is 88.9 Å². The van der Waals surface area contributed by atoms with Crippen molar-refractivity contribution < 1.29 is 0 Å². The highest BCUT2D eigenvalue weighted by molar-refractivity contribution is 6.11. The molecule has 0 saturated heterocycles. The van der Waals surface area contributed by atoms with Crippen molar-refractivity contribution in [3.8, 4) is 16.8 Å². The van der Waals surface area contributed by atoms with Crippen molar-refractivity contribution >= 4 is 21.8 Å². The van der Waals surface area contributed by atoms with Crippen LogP contribution in [0.15, 0.2) is 115 Å². The molecule has 5 aromatic carbocycles. The number of para-hydroxylation sites is 1. The summed E-state index contributed by atoms with van der Waals surface area (Å²) in [5.74, 6) is 1.05. The summed E-state index contributed by atoms with van der Waals surface area (Å²) in [6.45, 7) is 0. The van der Waals surface area contributed by atoms with Gasteiger partial charge in [-0.2, -0.15) is 0 Å². The molecule has 1 heteroatoms. The van der Waals surface area contributed by atoms with Crippen LogP contribution in [-0.2, 0) is 6.42 Å². The Bertz CT molecular complexity index is 1820. The molecule has 39 heavy (non-hydrogen) atoms. The summed E-state index contributed by atoms with van der Waals surface area (Å²) in [7, 11) is 0. The molecule has 190 valence electrons. The maximum atomic E-state index is 2.52. The lowest BCUT2D eigenvalue weighted by Gasteiger charge is -2.29. The molecule has 8 rings (SSSR count). The van der Waals surface area contributed by atoms with E-state index in [0.717, 1.165) is 6.42 Å². The Morgan fingerprint density at radius 1 is 0.538 bits per heavy atom. The van der Waals surface area contributed by atoms with E-state index in [9.17, 15) is 0 Å². The van der Waals surface area contributed by atoms with Crippen molar-refractivity contribution in [1.29, 1.82) is 0 Å². The van der Waals surface area contributed by atoms with Gasteiger partial charge in [0.15, 0.2) is 0 Å². The molecule has 0 radical (unpaired) electrons. The van der Waals surface area contributed by atoms with E-state index < -0.39 is 0 Å². The number of aromatic nitrogens is 1. The first-order valence-corrected chi connectivity index (χ1v) is 14.7. The summed E-state index contributed by atoms with van der Waals surface area (Å²) in [4.78, 5) is 0. The molecule has 1 fully saturated rings. The van der Waals surface area contributed by atoms with Gasteiger partial charge < -0.3 is 4.57 Å². The molecule has 2 aliphatic carbocycles. The third-order valence-electron chi connectivity index (χ3n) is 9.36. The second-order valence-corrected chi connectivity index (χ2v) is 11.6. The normalized spacial score (nSPS) is 17.3. The number of hydrogen-bond acceptors (Lipinski definition) is 0. The van der Waals surface area contributed by atoms with Crippen molar-refractivity contribution in [2.45, 2.75) is 50.4 Å². The van der Waals surface area contributed by atoms with Crippen LogP contribution >= 0.6 is 0 Å². The maximum Gasteiger partial charge on any atom is 0.0547 e. The van der Waals surface area contributed by atoms with Crippen molar-refractivity contribution in [1.82, 2.24) is 4.57 Å². The van der Waals surface area contributed by atoms with E-state index in [-0.39, 0.29) is 0 Å². The predicted molar refractivity (Wildman–Crippen MR) is 164 cm³/mol. The second kappa shape index (κ2) is 9.27. The minimum absolute atomic E-state index is 0.359. The van der Waals surface area contributed by atoms with Crippen LogP contribution in [-0.4, -0.2) is 4.57 Å². The number of nitrogens with zero attached hydrogens (tertiary/aromatic N) is 1. The Kier molecular flexibility index (Phi) is 5.43.